The number of hydrogen-bond donors (Lipinski definition) is 2. The number of carbonyl (C=O) groups excluding carboxylic acids is 1. The van der Waals surface area contributed by atoms with Gasteiger partial charge in [0.2, 0.25) is 5.91 Å². The molecule has 148 valence electrons. The molecule has 1 heterocycles. The van der Waals surface area contributed by atoms with E-state index in [1.165, 1.54) is 5.69 Å². The number of nitrogens with one attached hydrogen (secondary N) is 1. The number of ether oxygens (including phenoxy) is 1. The van der Waals surface area contributed by atoms with E-state index in [0.717, 1.165) is 43.5 Å². The fourth-order valence-electron chi connectivity index (χ4n) is 3.33. The van der Waals surface area contributed by atoms with Crippen molar-refractivity contribution in [3.05, 3.63) is 59.7 Å². The number of methoxy groups -OCH3 is 1. The van der Waals surface area contributed by atoms with E-state index in [2.05, 4.69) is 32.2 Å². The summed E-state index contributed by atoms with van der Waals surface area (Å²) in [7, 11) is 3.47. The van der Waals surface area contributed by atoms with Gasteiger partial charge >= 0.3 is 0 Å². The molecule has 0 atom stereocenters. The molecular formula is C21H27N5O2. The van der Waals surface area contributed by atoms with Crippen LogP contribution in [-0.4, -0.2) is 57.1 Å². The van der Waals surface area contributed by atoms with Crippen molar-refractivity contribution in [1.82, 2.24) is 10.2 Å². The molecule has 2 aromatic rings. The van der Waals surface area contributed by atoms with Crippen molar-refractivity contribution in [2.24, 2.45) is 10.7 Å². The van der Waals surface area contributed by atoms with E-state index in [4.69, 9.17) is 10.5 Å². The minimum absolute atomic E-state index is 0.417. The minimum atomic E-state index is -0.417. The van der Waals surface area contributed by atoms with Gasteiger partial charge < -0.3 is 25.6 Å². The van der Waals surface area contributed by atoms with Gasteiger partial charge in [-0.15, -0.1) is 0 Å². The van der Waals surface area contributed by atoms with Gasteiger partial charge in [0.1, 0.15) is 5.75 Å². The van der Waals surface area contributed by atoms with E-state index in [-0.39, 0.29) is 0 Å². The molecular weight excluding hydrogens is 354 g/mol. The van der Waals surface area contributed by atoms with Gasteiger partial charge in [-0.05, 0) is 29.8 Å². The summed E-state index contributed by atoms with van der Waals surface area (Å²) in [6, 6.07) is 15.5. The number of hydrogen-bond acceptors (Lipinski definition) is 4. The Morgan fingerprint density at radius 2 is 1.89 bits per heavy atom. The van der Waals surface area contributed by atoms with E-state index in [9.17, 15) is 4.79 Å². The van der Waals surface area contributed by atoms with Crippen LogP contribution in [0.5, 0.6) is 5.75 Å². The Labute approximate surface area is 165 Å². The molecule has 0 saturated carbocycles. The van der Waals surface area contributed by atoms with Gasteiger partial charge in [-0.1, -0.05) is 18.2 Å². The third kappa shape index (κ3) is 4.73. The second-order valence-electron chi connectivity index (χ2n) is 6.64. The van der Waals surface area contributed by atoms with Crippen LogP contribution in [0.1, 0.15) is 15.9 Å². The number of guanidine groups is 1. The van der Waals surface area contributed by atoms with Gasteiger partial charge in [-0.2, -0.15) is 0 Å². The fourth-order valence-corrected chi connectivity index (χ4v) is 3.33. The van der Waals surface area contributed by atoms with E-state index in [0.29, 0.717) is 12.1 Å². The minimum Gasteiger partial charge on any atom is -0.497 e. The Bertz CT molecular complexity index is 844. The van der Waals surface area contributed by atoms with Crippen LogP contribution in [0, 0.1) is 0 Å². The molecule has 0 aromatic heterocycles. The molecule has 1 fully saturated rings. The maximum Gasteiger partial charge on any atom is 0.248 e. The maximum absolute atomic E-state index is 11.3. The van der Waals surface area contributed by atoms with Crippen LogP contribution < -0.4 is 20.7 Å². The van der Waals surface area contributed by atoms with Gasteiger partial charge in [-0.3, -0.25) is 9.79 Å². The Morgan fingerprint density at radius 3 is 2.57 bits per heavy atom. The summed E-state index contributed by atoms with van der Waals surface area (Å²) < 4.78 is 5.32. The molecule has 7 nitrogen and oxygen atoms in total. The normalized spacial score (nSPS) is 14.7. The van der Waals surface area contributed by atoms with Crippen LogP contribution in [0.15, 0.2) is 53.5 Å². The molecule has 0 aliphatic carbocycles. The van der Waals surface area contributed by atoms with Gasteiger partial charge in [0, 0.05) is 57.1 Å². The highest BCUT2D eigenvalue weighted by atomic mass is 16.5. The van der Waals surface area contributed by atoms with Crippen molar-refractivity contribution in [3.8, 4) is 5.75 Å². The smallest absolute Gasteiger partial charge is 0.248 e. The summed E-state index contributed by atoms with van der Waals surface area (Å²) >= 11 is 0. The SMILES string of the molecule is CN=C(NCc1cccc(C(N)=O)c1)N1CCN(c2cccc(OC)c2)CC1. The number of carbonyl (C=O) groups is 1. The largest absolute Gasteiger partial charge is 0.497 e. The summed E-state index contributed by atoms with van der Waals surface area (Å²) in [5.41, 5.74) is 8.04. The first-order valence-corrected chi connectivity index (χ1v) is 9.34. The zero-order valence-corrected chi connectivity index (χ0v) is 16.4. The average molecular weight is 381 g/mol. The number of nitrogens with zero attached hydrogens (tertiary/aromatic N) is 3. The Hall–Kier alpha value is -3.22. The molecule has 1 aliphatic heterocycles. The van der Waals surface area contributed by atoms with Crippen molar-refractivity contribution in [1.29, 1.82) is 0 Å². The third-order valence-corrected chi connectivity index (χ3v) is 4.87. The Balaban J connectivity index is 1.56. The third-order valence-electron chi connectivity index (χ3n) is 4.87. The van der Waals surface area contributed by atoms with Crippen molar-refractivity contribution in [3.63, 3.8) is 0 Å². The van der Waals surface area contributed by atoms with E-state index in [1.807, 2.05) is 30.3 Å². The van der Waals surface area contributed by atoms with Crippen LogP contribution >= 0.6 is 0 Å². The van der Waals surface area contributed by atoms with Crippen molar-refractivity contribution < 1.29 is 9.53 Å². The lowest BCUT2D eigenvalue weighted by Gasteiger charge is -2.37. The second kappa shape index (κ2) is 9.12. The second-order valence-corrected chi connectivity index (χ2v) is 6.64. The highest BCUT2D eigenvalue weighted by molar-refractivity contribution is 5.92. The molecule has 3 rings (SSSR count). The first kappa shape index (κ1) is 19.5. The highest BCUT2D eigenvalue weighted by Gasteiger charge is 2.20. The standard InChI is InChI=1S/C21H27N5O2/c1-23-21(24-15-16-5-3-6-17(13-16)20(22)27)26-11-9-25(10-12-26)18-7-4-8-19(14-18)28-2/h3-8,13-14H,9-12,15H2,1-2H3,(H2,22,27)(H,23,24). The molecule has 1 aliphatic rings. The lowest BCUT2D eigenvalue weighted by molar-refractivity contribution is 0.1000. The first-order valence-electron chi connectivity index (χ1n) is 9.34. The number of amides is 1. The van der Waals surface area contributed by atoms with Crippen molar-refractivity contribution in [2.75, 3.05) is 45.2 Å². The fraction of sp³-hybridized carbons (Fsp3) is 0.333. The van der Waals surface area contributed by atoms with Gasteiger partial charge in [0.15, 0.2) is 5.96 Å². The van der Waals surface area contributed by atoms with Gasteiger partial charge in [0.05, 0.1) is 7.11 Å². The quantitative estimate of drug-likeness (QED) is 0.608. The van der Waals surface area contributed by atoms with E-state index < -0.39 is 5.91 Å². The molecule has 2 aromatic carbocycles. The van der Waals surface area contributed by atoms with Crippen molar-refractivity contribution in [2.45, 2.75) is 6.54 Å². The number of aliphatic imine (C=N–C) groups is 1. The summed E-state index contributed by atoms with van der Waals surface area (Å²) in [6.07, 6.45) is 0. The van der Waals surface area contributed by atoms with E-state index >= 15 is 0 Å². The molecule has 0 spiro atoms. The summed E-state index contributed by atoms with van der Waals surface area (Å²) in [5, 5.41) is 3.38. The van der Waals surface area contributed by atoms with Crippen LogP contribution in [0.25, 0.3) is 0 Å². The molecule has 1 amide bonds. The lowest BCUT2D eigenvalue weighted by atomic mass is 10.1. The van der Waals surface area contributed by atoms with Crippen LogP contribution in [0.3, 0.4) is 0 Å². The molecule has 0 unspecified atom stereocenters. The molecule has 0 bridgehead atoms. The van der Waals surface area contributed by atoms with Crippen molar-refractivity contribution >= 4 is 17.6 Å². The Morgan fingerprint density at radius 1 is 1.14 bits per heavy atom. The Kier molecular flexibility index (Phi) is 6.37. The molecule has 3 N–H and O–H groups in total. The van der Waals surface area contributed by atoms with Crippen LogP contribution in [-0.2, 0) is 6.54 Å². The first-order chi connectivity index (χ1) is 13.6. The monoisotopic (exact) mass is 381 g/mol. The van der Waals surface area contributed by atoms with Crippen LogP contribution in [0.4, 0.5) is 5.69 Å². The van der Waals surface area contributed by atoms with Gasteiger partial charge in [0.25, 0.3) is 0 Å². The average Bonchev–Trinajstić information content (AvgIpc) is 2.75. The molecule has 0 radical (unpaired) electrons. The summed E-state index contributed by atoms with van der Waals surface area (Å²) in [6.45, 7) is 4.15. The predicted molar refractivity (Wildman–Crippen MR) is 112 cm³/mol. The van der Waals surface area contributed by atoms with E-state index in [1.54, 1.807) is 20.2 Å². The number of nitrogens with two attached hydrogens (primary N) is 1. The summed E-state index contributed by atoms with van der Waals surface area (Å²) in [5.74, 6) is 1.31. The number of rotatable bonds is 5. The van der Waals surface area contributed by atoms with Crippen LogP contribution in [0.2, 0.25) is 0 Å². The zero-order valence-electron chi connectivity index (χ0n) is 16.4. The summed E-state index contributed by atoms with van der Waals surface area (Å²) in [4.78, 5) is 20.3. The number of benzene rings is 2. The number of piperazine rings is 1. The zero-order chi connectivity index (χ0) is 19.9. The number of anilines is 1. The molecule has 28 heavy (non-hydrogen) atoms. The molecule has 7 heteroatoms. The predicted octanol–water partition coefficient (Wildman–Crippen LogP) is 1.69. The maximum atomic E-state index is 11.3. The highest BCUT2D eigenvalue weighted by Crippen LogP contribution is 2.22. The van der Waals surface area contributed by atoms with Gasteiger partial charge in [-0.25, -0.2) is 0 Å². The topological polar surface area (TPSA) is 83.2 Å². The number of primary amides is 1. The molecule has 1 saturated heterocycles. The lowest BCUT2D eigenvalue weighted by Crippen LogP contribution is -2.52.